The zero-order chi connectivity index (χ0) is 27.2. The zero-order valence-electron chi connectivity index (χ0n) is 19.2. The molecule has 2 heterocycles. The van der Waals surface area contributed by atoms with Gasteiger partial charge in [-0.3, -0.25) is 28.7 Å². The molecule has 18 heteroatoms. The van der Waals surface area contributed by atoms with Crippen LogP contribution < -0.4 is 16.6 Å². The van der Waals surface area contributed by atoms with Gasteiger partial charge in [0, 0.05) is 18.0 Å². The number of amides is 1. The Morgan fingerprint density at radius 2 is 1.81 bits per heavy atom. The summed E-state index contributed by atoms with van der Waals surface area (Å²) < 4.78 is 48.9. The van der Waals surface area contributed by atoms with Crippen molar-refractivity contribution in [3.05, 3.63) is 63.4 Å². The second-order valence-electron chi connectivity index (χ2n) is 7.58. The number of phosphoric acid groups is 2. The van der Waals surface area contributed by atoms with E-state index < -0.39 is 64.1 Å². The largest absolute Gasteiger partial charge is 0.481 e. The first-order valence-corrected chi connectivity index (χ1v) is 13.7. The highest BCUT2D eigenvalue weighted by Gasteiger charge is 2.49. The Hall–Kier alpha value is -2.65. The van der Waals surface area contributed by atoms with Crippen molar-refractivity contribution in [1.82, 2.24) is 9.55 Å². The third kappa shape index (κ3) is 8.17. The molecule has 6 atom stereocenters. The third-order valence-electron chi connectivity index (χ3n) is 4.77. The monoisotopic (exact) mass is 565 g/mol. The van der Waals surface area contributed by atoms with Crippen LogP contribution in [0.1, 0.15) is 19.6 Å². The minimum Gasteiger partial charge on any atom is -0.438 e. The molecule has 1 amide bonds. The minimum absolute atomic E-state index is 0.238. The normalized spacial score (nSPS) is 24.6. The maximum atomic E-state index is 12.4. The van der Waals surface area contributed by atoms with Crippen LogP contribution in [-0.4, -0.2) is 62.1 Å². The van der Waals surface area contributed by atoms with E-state index >= 15 is 0 Å². The number of anilines is 1. The summed E-state index contributed by atoms with van der Waals surface area (Å²) in [5.41, 5.74) is -1.33. The van der Waals surface area contributed by atoms with E-state index in [1.807, 2.05) is 4.98 Å². The fourth-order valence-corrected chi connectivity index (χ4v) is 5.35. The van der Waals surface area contributed by atoms with E-state index in [9.17, 15) is 38.4 Å². The van der Waals surface area contributed by atoms with Crippen molar-refractivity contribution in [3.8, 4) is 0 Å². The molecule has 0 bridgehead atoms. The van der Waals surface area contributed by atoms with Crippen LogP contribution >= 0.6 is 15.6 Å². The topological polar surface area (TPSA) is 225 Å². The number of hydrogen-bond acceptors (Lipinski definition) is 11. The number of carbonyl (C=O) groups excluding carboxylic acids is 1. The number of aromatic amines is 1. The molecule has 5 N–H and O–H groups in total. The van der Waals surface area contributed by atoms with Crippen molar-refractivity contribution in [2.45, 2.75) is 37.9 Å². The molecule has 37 heavy (non-hydrogen) atoms. The van der Waals surface area contributed by atoms with E-state index in [-0.39, 0.29) is 6.61 Å². The second kappa shape index (κ2) is 12.3. The molecule has 16 nitrogen and oxygen atoms in total. The number of nitrogens with one attached hydrogen (secondary N) is 2. The number of aromatic nitrogens is 2. The minimum atomic E-state index is -5.20. The maximum Gasteiger partial charge on any atom is 0.481 e. The number of para-hydroxylation sites is 1. The number of rotatable bonds is 11. The molecule has 1 aliphatic heterocycles. The van der Waals surface area contributed by atoms with E-state index in [0.29, 0.717) is 12.1 Å². The Morgan fingerprint density at radius 1 is 1.14 bits per heavy atom. The molecule has 3 unspecified atom stereocenters. The molecular weight excluding hydrogens is 540 g/mol. The average Bonchev–Trinajstić information content (AvgIpc) is 3.11. The predicted molar refractivity (Wildman–Crippen MR) is 125 cm³/mol. The van der Waals surface area contributed by atoms with E-state index in [1.54, 1.807) is 37.3 Å². The van der Waals surface area contributed by atoms with Gasteiger partial charge in [0.2, 0.25) is 0 Å². The molecule has 1 saturated heterocycles. The first-order chi connectivity index (χ1) is 17.4. The quantitative estimate of drug-likeness (QED) is 0.241. The molecule has 2 aromatic rings. The van der Waals surface area contributed by atoms with Crippen molar-refractivity contribution >= 4 is 27.4 Å². The number of H-pyrrole nitrogens is 1. The van der Waals surface area contributed by atoms with Crippen LogP contribution in [0.3, 0.4) is 0 Å². The molecular formula is C19H25N3O13P2. The van der Waals surface area contributed by atoms with Crippen LogP contribution in [0.4, 0.5) is 10.5 Å². The summed E-state index contributed by atoms with van der Waals surface area (Å²) in [6.45, 7) is 0.478. The number of aliphatic hydroxyl groups is 1. The van der Waals surface area contributed by atoms with Crippen molar-refractivity contribution in [2.75, 3.05) is 18.5 Å². The van der Waals surface area contributed by atoms with Gasteiger partial charge in [-0.25, -0.2) is 18.7 Å². The van der Waals surface area contributed by atoms with Crippen molar-refractivity contribution in [1.29, 1.82) is 0 Å². The molecule has 0 saturated carbocycles. The lowest BCUT2D eigenvalue weighted by molar-refractivity contribution is -0.0552. The molecule has 1 fully saturated rings. The van der Waals surface area contributed by atoms with Gasteiger partial charge < -0.3 is 24.4 Å². The molecule has 0 radical (unpaired) electrons. The van der Waals surface area contributed by atoms with Gasteiger partial charge in [0.15, 0.2) is 12.3 Å². The van der Waals surface area contributed by atoms with Crippen LogP contribution in [-0.2, 0) is 32.0 Å². The molecule has 1 aliphatic rings. The lowest BCUT2D eigenvalue weighted by Gasteiger charge is -2.22. The fourth-order valence-electron chi connectivity index (χ4n) is 3.18. The van der Waals surface area contributed by atoms with E-state index in [0.717, 1.165) is 16.8 Å². The summed E-state index contributed by atoms with van der Waals surface area (Å²) in [5.74, 6) is 0. The summed E-state index contributed by atoms with van der Waals surface area (Å²) >= 11 is 0. The number of ether oxygens (including phenoxy) is 2. The smallest absolute Gasteiger partial charge is 0.438 e. The van der Waals surface area contributed by atoms with Crippen LogP contribution in [0.5, 0.6) is 0 Å². The number of hydrogen-bond donors (Lipinski definition) is 5. The Kier molecular flexibility index (Phi) is 9.58. The zero-order valence-corrected chi connectivity index (χ0v) is 21.0. The Morgan fingerprint density at radius 3 is 2.46 bits per heavy atom. The first-order valence-electron chi connectivity index (χ1n) is 10.7. The van der Waals surface area contributed by atoms with Crippen molar-refractivity contribution < 1.29 is 51.6 Å². The van der Waals surface area contributed by atoms with Crippen LogP contribution in [0, 0.1) is 0 Å². The Balaban J connectivity index is 1.76. The van der Waals surface area contributed by atoms with E-state index in [2.05, 4.69) is 18.7 Å². The second-order valence-corrected chi connectivity index (χ2v) is 10.6. The van der Waals surface area contributed by atoms with Gasteiger partial charge in [-0.2, -0.15) is 4.31 Å². The lowest BCUT2D eigenvalue weighted by atomic mass is 10.1. The molecule has 0 spiro atoms. The van der Waals surface area contributed by atoms with Gasteiger partial charge in [0.1, 0.15) is 12.2 Å². The Labute approximate surface area is 209 Å². The van der Waals surface area contributed by atoms with Crippen molar-refractivity contribution in [3.63, 3.8) is 0 Å². The predicted octanol–water partition coefficient (Wildman–Crippen LogP) is 1.07. The number of carbonyl (C=O) groups is 1. The van der Waals surface area contributed by atoms with Gasteiger partial charge >= 0.3 is 27.4 Å². The van der Waals surface area contributed by atoms with E-state index in [1.165, 1.54) is 0 Å². The van der Waals surface area contributed by atoms with E-state index in [4.69, 9.17) is 9.47 Å². The molecule has 0 aliphatic carbocycles. The van der Waals surface area contributed by atoms with Crippen molar-refractivity contribution in [2.24, 2.45) is 0 Å². The maximum absolute atomic E-state index is 12.4. The molecule has 1 aromatic carbocycles. The van der Waals surface area contributed by atoms with Gasteiger partial charge in [0.25, 0.3) is 5.56 Å². The number of phosphoric ester groups is 2. The third-order valence-corrected chi connectivity index (χ3v) is 7.40. The summed E-state index contributed by atoms with van der Waals surface area (Å²) in [7, 11) is -10.1. The van der Waals surface area contributed by atoms with Crippen LogP contribution in [0.15, 0.2) is 52.2 Å². The number of nitrogens with zero attached hydrogens (tertiary/aromatic N) is 1. The summed E-state index contributed by atoms with van der Waals surface area (Å²) in [6, 6.07) is 9.11. The highest BCUT2D eigenvalue weighted by Crippen LogP contribution is 2.60. The highest BCUT2D eigenvalue weighted by atomic mass is 31.3. The summed E-state index contributed by atoms with van der Waals surface area (Å²) in [6.07, 6.45) is -6.01. The van der Waals surface area contributed by atoms with Gasteiger partial charge in [0.05, 0.1) is 13.2 Å². The van der Waals surface area contributed by atoms with Gasteiger partial charge in [-0.1, -0.05) is 25.1 Å². The van der Waals surface area contributed by atoms with Gasteiger partial charge in [-0.05, 0) is 18.6 Å². The fraction of sp³-hybridized carbons (Fsp3) is 0.421. The molecule has 1 aromatic heterocycles. The molecule has 204 valence electrons. The SMILES string of the molecule is CCCOP(=O)(O)OP(=O)(O)OC[C@H]1O[C@@H](n2ccc(=O)[nH]c2=O)C(OC(=O)Nc2ccccc2)[C@H]1O. The number of benzene rings is 1. The summed E-state index contributed by atoms with van der Waals surface area (Å²) in [4.78, 5) is 57.5. The first kappa shape index (κ1) is 28.9. The Bertz CT molecular complexity index is 1280. The lowest BCUT2D eigenvalue weighted by Crippen LogP contribution is -2.41. The highest BCUT2D eigenvalue weighted by molar-refractivity contribution is 7.61. The van der Waals surface area contributed by atoms with Gasteiger partial charge in [-0.15, -0.1) is 0 Å². The molecule has 3 rings (SSSR count). The summed E-state index contributed by atoms with van der Waals surface area (Å²) in [5, 5.41) is 13.2. The number of aliphatic hydroxyl groups excluding tert-OH is 1. The average molecular weight is 565 g/mol. The van der Waals surface area contributed by atoms with Crippen LogP contribution in [0.25, 0.3) is 0 Å². The van der Waals surface area contributed by atoms with Crippen LogP contribution in [0.2, 0.25) is 0 Å². The standard InChI is InChI=1S/C19H25N3O13P2/c1-2-10-31-36(27,28)35-37(29,30)32-11-13-15(24)16(34-19(26)20-12-6-4-3-5-7-12)17(33-13)22-9-8-14(23)21-18(22)25/h3-9,13,15-17,24H,2,10-11H2,1H3,(H,20,26)(H,27,28)(H,29,30)(H,21,23,25)/t13-,15+,16?,17-/m1/s1.